The molecule has 5 nitrogen and oxygen atoms in total. The second kappa shape index (κ2) is 8.11. The first-order valence-electron chi connectivity index (χ1n) is 8.36. The van der Waals surface area contributed by atoms with Gasteiger partial charge in [-0.2, -0.15) is 0 Å². The van der Waals surface area contributed by atoms with Gasteiger partial charge in [0, 0.05) is 25.0 Å². The van der Waals surface area contributed by atoms with E-state index >= 15 is 0 Å². The number of nitrogens with two attached hydrogens (primary N) is 1. The van der Waals surface area contributed by atoms with E-state index in [9.17, 15) is 9.59 Å². The number of nitrogens with zero attached hydrogens (tertiary/aromatic N) is 1. The highest BCUT2D eigenvalue weighted by atomic mass is 16.2. The molecule has 1 heterocycles. The number of amides is 2. The van der Waals surface area contributed by atoms with Gasteiger partial charge in [0.05, 0.1) is 6.04 Å². The largest absolute Gasteiger partial charge is 0.353 e. The smallest absolute Gasteiger partial charge is 0.239 e. The minimum Gasteiger partial charge on any atom is -0.353 e. The molecule has 126 valence electrons. The van der Waals surface area contributed by atoms with Gasteiger partial charge in [-0.05, 0) is 24.8 Å². The van der Waals surface area contributed by atoms with Gasteiger partial charge in [-0.1, -0.05) is 44.2 Å². The van der Waals surface area contributed by atoms with Crippen molar-refractivity contribution in [2.24, 2.45) is 11.7 Å². The maximum Gasteiger partial charge on any atom is 0.239 e. The van der Waals surface area contributed by atoms with E-state index < -0.39 is 6.04 Å². The molecule has 0 aromatic heterocycles. The van der Waals surface area contributed by atoms with E-state index in [-0.39, 0.29) is 23.8 Å². The van der Waals surface area contributed by atoms with Crippen LogP contribution in [0.4, 0.5) is 0 Å². The third-order valence-corrected chi connectivity index (χ3v) is 4.29. The highest BCUT2D eigenvalue weighted by Crippen LogP contribution is 2.13. The Bertz CT molecular complexity index is 522. The molecule has 1 unspecified atom stereocenters. The Morgan fingerprint density at radius 2 is 1.83 bits per heavy atom. The summed E-state index contributed by atoms with van der Waals surface area (Å²) in [6, 6.07) is 9.50. The number of hydrogen-bond acceptors (Lipinski definition) is 3. The first-order chi connectivity index (χ1) is 11.0. The molecule has 2 rings (SSSR count). The molecular formula is C18H27N3O2. The van der Waals surface area contributed by atoms with Crippen molar-refractivity contribution in [3.63, 3.8) is 0 Å². The van der Waals surface area contributed by atoms with Crippen molar-refractivity contribution < 1.29 is 9.59 Å². The quantitative estimate of drug-likeness (QED) is 0.860. The van der Waals surface area contributed by atoms with Crippen molar-refractivity contribution in [1.82, 2.24) is 10.2 Å². The summed E-state index contributed by atoms with van der Waals surface area (Å²) in [5.74, 6) is 0.0759. The van der Waals surface area contributed by atoms with Crippen molar-refractivity contribution in [1.29, 1.82) is 0 Å². The van der Waals surface area contributed by atoms with Gasteiger partial charge in [-0.25, -0.2) is 0 Å². The number of rotatable bonds is 5. The number of benzene rings is 1. The highest BCUT2D eigenvalue weighted by molar-refractivity contribution is 5.82. The van der Waals surface area contributed by atoms with Crippen molar-refractivity contribution in [2.45, 2.75) is 45.2 Å². The van der Waals surface area contributed by atoms with E-state index in [0.717, 1.165) is 18.4 Å². The first kappa shape index (κ1) is 17.5. The summed E-state index contributed by atoms with van der Waals surface area (Å²) in [5, 5.41) is 3.04. The Morgan fingerprint density at radius 1 is 1.22 bits per heavy atom. The molecule has 0 aliphatic carbocycles. The molecule has 0 saturated carbocycles. The maximum absolute atomic E-state index is 12.5. The molecule has 0 bridgehead atoms. The zero-order chi connectivity index (χ0) is 16.8. The molecule has 1 atom stereocenters. The van der Waals surface area contributed by atoms with Crippen LogP contribution in [0.1, 0.15) is 32.3 Å². The molecule has 1 aliphatic heterocycles. The molecule has 23 heavy (non-hydrogen) atoms. The molecule has 3 N–H and O–H groups in total. The zero-order valence-corrected chi connectivity index (χ0v) is 14.0. The molecule has 1 fully saturated rings. The van der Waals surface area contributed by atoms with Gasteiger partial charge in [0.25, 0.3) is 0 Å². The number of nitrogens with one attached hydrogen (secondary N) is 1. The zero-order valence-electron chi connectivity index (χ0n) is 14.0. The molecule has 1 aliphatic rings. The van der Waals surface area contributed by atoms with E-state index in [2.05, 4.69) is 5.32 Å². The predicted molar refractivity (Wildman–Crippen MR) is 90.7 cm³/mol. The Kier molecular flexibility index (Phi) is 6.16. The SMILES string of the molecule is CC(C)C(=O)NC1CCN(C(=O)C(N)Cc2ccccc2)CC1. The summed E-state index contributed by atoms with van der Waals surface area (Å²) < 4.78 is 0. The summed E-state index contributed by atoms with van der Waals surface area (Å²) >= 11 is 0. The van der Waals surface area contributed by atoms with Crippen LogP contribution in [0.2, 0.25) is 0 Å². The second-order valence-electron chi connectivity index (χ2n) is 6.56. The Hall–Kier alpha value is -1.88. The lowest BCUT2D eigenvalue weighted by Crippen LogP contribution is -2.51. The maximum atomic E-state index is 12.5. The lowest BCUT2D eigenvalue weighted by Gasteiger charge is -2.34. The van der Waals surface area contributed by atoms with E-state index in [1.807, 2.05) is 49.1 Å². The number of piperidine rings is 1. The normalized spacial score (nSPS) is 17.1. The van der Waals surface area contributed by atoms with Crippen LogP contribution in [-0.2, 0) is 16.0 Å². The standard InChI is InChI=1S/C18H27N3O2/c1-13(2)17(22)20-15-8-10-21(11-9-15)18(23)16(19)12-14-6-4-3-5-7-14/h3-7,13,15-16H,8-12,19H2,1-2H3,(H,20,22). The summed E-state index contributed by atoms with van der Waals surface area (Å²) in [5.41, 5.74) is 7.15. The second-order valence-corrected chi connectivity index (χ2v) is 6.56. The molecule has 0 radical (unpaired) electrons. The Labute approximate surface area is 138 Å². The summed E-state index contributed by atoms with van der Waals surface area (Å²) in [6.07, 6.45) is 2.15. The van der Waals surface area contributed by atoms with Gasteiger partial charge in [0.1, 0.15) is 0 Å². The van der Waals surface area contributed by atoms with Crippen LogP contribution in [0.3, 0.4) is 0 Å². The third-order valence-electron chi connectivity index (χ3n) is 4.29. The monoisotopic (exact) mass is 317 g/mol. The average molecular weight is 317 g/mol. The van der Waals surface area contributed by atoms with Crippen molar-refractivity contribution in [3.05, 3.63) is 35.9 Å². The summed E-state index contributed by atoms with van der Waals surface area (Å²) in [4.78, 5) is 26.0. The number of carbonyl (C=O) groups is 2. The van der Waals surface area contributed by atoms with Gasteiger partial charge in [0.2, 0.25) is 11.8 Å². The average Bonchev–Trinajstić information content (AvgIpc) is 2.55. The Morgan fingerprint density at radius 3 is 2.39 bits per heavy atom. The van der Waals surface area contributed by atoms with Gasteiger partial charge < -0.3 is 16.0 Å². The third kappa shape index (κ3) is 5.06. The van der Waals surface area contributed by atoms with Gasteiger partial charge in [-0.15, -0.1) is 0 Å². The van der Waals surface area contributed by atoms with Crippen molar-refractivity contribution in [2.75, 3.05) is 13.1 Å². The summed E-state index contributed by atoms with van der Waals surface area (Å²) in [7, 11) is 0. The lowest BCUT2D eigenvalue weighted by molar-refractivity contribution is -0.133. The van der Waals surface area contributed by atoms with Crippen LogP contribution >= 0.6 is 0 Å². The molecular weight excluding hydrogens is 290 g/mol. The molecule has 1 saturated heterocycles. The molecule has 5 heteroatoms. The van der Waals surface area contributed by atoms with Crippen molar-refractivity contribution in [3.8, 4) is 0 Å². The number of likely N-dealkylation sites (tertiary alicyclic amines) is 1. The van der Waals surface area contributed by atoms with E-state index in [4.69, 9.17) is 5.73 Å². The van der Waals surface area contributed by atoms with Crippen LogP contribution in [0.25, 0.3) is 0 Å². The van der Waals surface area contributed by atoms with Crippen LogP contribution in [0, 0.1) is 5.92 Å². The number of carbonyl (C=O) groups excluding carboxylic acids is 2. The molecule has 1 aromatic rings. The van der Waals surface area contributed by atoms with E-state index in [1.165, 1.54) is 0 Å². The lowest BCUT2D eigenvalue weighted by atomic mass is 10.0. The first-order valence-corrected chi connectivity index (χ1v) is 8.36. The fourth-order valence-corrected chi connectivity index (χ4v) is 2.80. The van der Waals surface area contributed by atoms with Crippen LogP contribution in [0.5, 0.6) is 0 Å². The molecule has 0 spiro atoms. The highest BCUT2D eigenvalue weighted by Gasteiger charge is 2.27. The van der Waals surface area contributed by atoms with Crippen LogP contribution < -0.4 is 11.1 Å². The van der Waals surface area contributed by atoms with Gasteiger partial charge >= 0.3 is 0 Å². The minimum absolute atomic E-state index is 0.00230. The molecule has 2 amide bonds. The fraction of sp³-hybridized carbons (Fsp3) is 0.556. The van der Waals surface area contributed by atoms with E-state index in [1.54, 1.807) is 0 Å². The Balaban J connectivity index is 1.80. The fourth-order valence-electron chi connectivity index (χ4n) is 2.80. The topological polar surface area (TPSA) is 75.4 Å². The van der Waals surface area contributed by atoms with Crippen LogP contribution in [0.15, 0.2) is 30.3 Å². The van der Waals surface area contributed by atoms with E-state index in [0.29, 0.717) is 19.5 Å². The predicted octanol–water partition coefficient (Wildman–Crippen LogP) is 1.32. The molecule has 1 aromatic carbocycles. The minimum atomic E-state index is -0.501. The van der Waals surface area contributed by atoms with Crippen molar-refractivity contribution >= 4 is 11.8 Å². The number of hydrogen-bond donors (Lipinski definition) is 2. The van der Waals surface area contributed by atoms with Gasteiger partial charge in [-0.3, -0.25) is 9.59 Å². The summed E-state index contributed by atoms with van der Waals surface area (Å²) in [6.45, 7) is 5.09. The van der Waals surface area contributed by atoms with Crippen LogP contribution in [-0.4, -0.2) is 41.9 Å². The van der Waals surface area contributed by atoms with Gasteiger partial charge in [0.15, 0.2) is 0 Å².